The standard InChI is InChI=1S/C23H25N5OS/c1-27(18-19-7-5-12-25-17-19)14-15-28(23(29)21-10-6-16-30-21)22(24)11-13-26-20-8-3-2-4-9-20/h2-13,16-17,24,26H,14-15,18H2,1H3/b13-11-,24-22?. The van der Waals surface area contributed by atoms with Gasteiger partial charge in [-0.1, -0.05) is 30.3 Å². The number of amidine groups is 1. The van der Waals surface area contributed by atoms with Gasteiger partial charge in [0.2, 0.25) is 0 Å². The number of para-hydroxylation sites is 1. The summed E-state index contributed by atoms with van der Waals surface area (Å²) in [6, 6.07) is 17.3. The number of pyridine rings is 1. The molecule has 0 bridgehead atoms. The first-order valence-corrected chi connectivity index (χ1v) is 10.5. The lowest BCUT2D eigenvalue weighted by atomic mass is 10.2. The largest absolute Gasteiger partial charge is 0.362 e. The smallest absolute Gasteiger partial charge is 0.269 e. The molecular weight excluding hydrogens is 394 g/mol. The molecule has 0 radical (unpaired) electrons. The van der Waals surface area contributed by atoms with E-state index < -0.39 is 0 Å². The number of rotatable bonds is 9. The van der Waals surface area contributed by atoms with E-state index in [9.17, 15) is 4.79 Å². The van der Waals surface area contributed by atoms with Gasteiger partial charge in [0.15, 0.2) is 0 Å². The van der Waals surface area contributed by atoms with Crippen LogP contribution in [-0.2, 0) is 6.54 Å². The highest BCUT2D eigenvalue weighted by atomic mass is 32.1. The summed E-state index contributed by atoms with van der Waals surface area (Å²) in [6.07, 6.45) is 6.89. The van der Waals surface area contributed by atoms with Gasteiger partial charge in [0.1, 0.15) is 5.84 Å². The van der Waals surface area contributed by atoms with Crippen molar-refractivity contribution in [3.63, 3.8) is 0 Å². The Labute approximate surface area is 181 Å². The fraction of sp³-hybridized carbons (Fsp3) is 0.174. The normalized spacial score (nSPS) is 11.0. The average Bonchev–Trinajstić information content (AvgIpc) is 3.30. The Morgan fingerprint density at radius 3 is 2.67 bits per heavy atom. The molecule has 2 heterocycles. The van der Waals surface area contributed by atoms with Crippen LogP contribution in [0, 0.1) is 5.41 Å². The van der Waals surface area contributed by atoms with Crippen LogP contribution in [0.3, 0.4) is 0 Å². The van der Waals surface area contributed by atoms with Crippen molar-refractivity contribution in [2.75, 3.05) is 25.5 Å². The highest BCUT2D eigenvalue weighted by molar-refractivity contribution is 7.12. The van der Waals surface area contributed by atoms with Crippen molar-refractivity contribution >= 4 is 28.8 Å². The van der Waals surface area contributed by atoms with E-state index in [1.165, 1.54) is 16.2 Å². The molecule has 154 valence electrons. The van der Waals surface area contributed by atoms with E-state index in [-0.39, 0.29) is 11.7 Å². The minimum absolute atomic E-state index is 0.145. The van der Waals surface area contributed by atoms with Gasteiger partial charge in [-0.25, -0.2) is 0 Å². The van der Waals surface area contributed by atoms with E-state index in [1.807, 2.05) is 67.2 Å². The SMILES string of the molecule is CN(CCN(C(=N)/C=C\Nc1ccccc1)C(=O)c1cccs1)Cc1cccnc1. The maximum absolute atomic E-state index is 13.0. The molecule has 0 aliphatic rings. The van der Waals surface area contributed by atoms with Crippen LogP contribution in [0.15, 0.2) is 84.6 Å². The summed E-state index contributed by atoms with van der Waals surface area (Å²) in [5, 5.41) is 13.5. The summed E-state index contributed by atoms with van der Waals surface area (Å²) in [5.41, 5.74) is 2.03. The molecule has 3 aromatic rings. The molecular formula is C23H25N5OS. The van der Waals surface area contributed by atoms with Gasteiger partial charge in [-0.2, -0.15) is 0 Å². The Hall–Kier alpha value is -3.29. The first-order chi connectivity index (χ1) is 14.6. The summed E-state index contributed by atoms with van der Waals surface area (Å²) in [4.78, 5) is 21.4. The van der Waals surface area contributed by atoms with E-state index in [0.29, 0.717) is 18.0 Å². The maximum atomic E-state index is 13.0. The van der Waals surface area contributed by atoms with Crippen LogP contribution >= 0.6 is 11.3 Å². The zero-order chi connectivity index (χ0) is 21.2. The molecule has 1 aromatic carbocycles. The highest BCUT2D eigenvalue weighted by Crippen LogP contribution is 2.13. The molecule has 6 nitrogen and oxygen atoms in total. The minimum atomic E-state index is -0.158. The van der Waals surface area contributed by atoms with Crippen LogP contribution in [0.4, 0.5) is 5.69 Å². The predicted molar refractivity (Wildman–Crippen MR) is 123 cm³/mol. The summed E-state index contributed by atoms with van der Waals surface area (Å²) < 4.78 is 0. The van der Waals surface area contributed by atoms with E-state index in [4.69, 9.17) is 5.41 Å². The molecule has 2 N–H and O–H groups in total. The number of carbonyl (C=O) groups is 1. The van der Waals surface area contributed by atoms with Crippen molar-refractivity contribution in [3.05, 3.63) is 95.1 Å². The van der Waals surface area contributed by atoms with E-state index in [0.717, 1.165) is 17.8 Å². The monoisotopic (exact) mass is 419 g/mol. The Morgan fingerprint density at radius 1 is 1.13 bits per heavy atom. The average molecular weight is 420 g/mol. The van der Waals surface area contributed by atoms with Gasteiger partial charge in [0.25, 0.3) is 5.91 Å². The third kappa shape index (κ3) is 6.37. The lowest BCUT2D eigenvalue weighted by Crippen LogP contribution is -2.40. The molecule has 0 fully saturated rings. The van der Waals surface area contributed by atoms with Gasteiger partial charge >= 0.3 is 0 Å². The molecule has 3 rings (SSSR count). The molecule has 7 heteroatoms. The first kappa shape index (κ1) is 21.4. The molecule has 0 unspecified atom stereocenters. The molecule has 2 aromatic heterocycles. The number of carbonyl (C=O) groups excluding carboxylic acids is 1. The maximum Gasteiger partial charge on any atom is 0.269 e. The van der Waals surface area contributed by atoms with Gasteiger partial charge in [-0.05, 0) is 48.3 Å². The Morgan fingerprint density at radius 2 is 1.97 bits per heavy atom. The van der Waals surface area contributed by atoms with Gasteiger partial charge in [-0.15, -0.1) is 11.3 Å². The van der Waals surface area contributed by atoms with Crippen molar-refractivity contribution in [2.45, 2.75) is 6.54 Å². The number of nitrogens with zero attached hydrogens (tertiary/aromatic N) is 3. The number of benzene rings is 1. The van der Waals surface area contributed by atoms with Gasteiger partial charge in [-0.3, -0.25) is 20.1 Å². The third-order valence-electron chi connectivity index (χ3n) is 4.41. The molecule has 0 saturated heterocycles. The first-order valence-electron chi connectivity index (χ1n) is 9.63. The summed E-state index contributed by atoms with van der Waals surface area (Å²) in [5.74, 6) is -0.0132. The molecule has 30 heavy (non-hydrogen) atoms. The van der Waals surface area contributed by atoms with Crippen molar-refractivity contribution in [3.8, 4) is 0 Å². The zero-order valence-corrected chi connectivity index (χ0v) is 17.7. The third-order valence-corrected chi connectivity index (χ3v) is 5.27. The highest BCUT2D eigenvalue weighted by Gasteiger charge is 2.20. The molecule has 0 atom stereocenters. The number of likely N-dealkylation sites (N-methyl/N-ethyl adjacent to an activating group) is 1. The number of thiophene rings is 1. The molecule has 0 aliphatic heterocycles. The Bertz CT molecular complexity index is 958. The number of amides is 1. The molecule has 1 amide bonds. The Balaban J connectivity index is 1.63. The second-order valence-corrected chi connectivity index (χ2v) is 7.71. The topological polar surface area (TPSA) is 72.3 Å². The zero-order valence-electron chi connectivity index (χ0n) is 16.9. The van der Waals surface area contributed by atoms with Crippen LogP contribution in [0.25, 0.3) is 0 Å². The van der Waals surface area contributed by atoms with Crippen LogP contribution < -0.4 is 5.32 Å². The minimum Gasteiger partial charge on any atom is -0.362 e. The van der Waals surface area contributed by atoms with Crippen molar-refractivity contribution < 1.29 is 4.79 Å². The fourth-order valence-electron chi connectivity index (χ4n) is 2.86. The van der Waals surface area contributed by atoms with Crippen LogP contribution in [-0.4, -0.2) is 46.7 Å². The van der Waals surface area contributed by atoms with E-state index >= 15 is 0 Å². The number of nitrogens with one attached hydrogen (secondary N) is 2. The molecule has 0 spiro atoms. The molecule has 0 saturated carbocycles. The summed E-state index contributed by atoms with van der Waals surface area (Å²) in [7, 11) is 2.00. The van der Waals surface area contributed by atoms with E-state index in [1.54, 1.807) is 24.5 Å². The summed E-state index contributed by atoms with van der Waals surface area (Å²) >= 11 is 1.38. The van der Waals surface area contributed by atoms with Crippen molar-refractivity contribution in [1.29, 1.82) is 5.41 Å². The van der Waals surface area contributed by atoms with Crippen molar-refractivity contribution in [1.82, 2.24) is 14.8 Å². The van der Waals surface area contributed by atoms with Gasteiger partial charge < -0.3 is 10.2 Å². The fourth-order valence-corrected chi connectivity index (χ4v) is 3.53. The quantitative estimate of drug-likeness (QED) is 0.400. The number of aromatic nitrogens is 1. The second-order valence-electron chi connectivity index (χ2n) is 6.76. The number of anilines is 1. The number of hydrogen-bond donors (Lipinski definition) is 2. The van der Waals surface area contributed by atoms with Crippen LogP contribution in [0.5, 0.6) is 0 Å². The molecule has 0 aliphatic carbocycles. The Kier molecular flexibility index (Phi) is 7.88. The number of hydrogen-bond acceptors (Lipinski definition) is 6. The van der Waals surface area contributed by atoms with E-state index in [2.05, 4.69) is 15.2 Å². The van der Waals surface area contributed by atoms with Crippen LogP contribution in [0.2, 0.25) is 0 Å². The predicted octanol–water partition coefficient (Wildman–Crippen LogP) is 4.32. The van der Waals surface area contributed by atoms with Gasteiger partial charge in [0.05, 0.1) is 4.88 Å². The van der Waals surface area contributed by atoms with Crippen molar-refractivity contribution in [2.24, 2.45) is 0 Å². The second kappa shape index (κ2) is 11.0. The lowest BCUT2D eigenvalue weighted by Gasteiger charge is -2.24. The van der Waals surface area contributed by atoms with Gasteiger partial charge in [0, 0.05) is 43.9 Å². The lowest BCUT2D eigenvalue weighted by molar-refractivity contribution is 0.0842. The summed E-state index contributed by atoms with van der Waals surface area (Å²) in [6.45, 7) is 1.78. The van der Waals surface area contributed by atoms with Crippen LogP contribution in [0.1, 0.15) is 15.2 Å².